The van der Waals surface area contributed by atoms with Crippen LogP contribution in [0.4, 0.5) is 11.6 Å². The number of ether oxygens (including phenoxy) is 4. The van der Waals surface area contributed by atoms with E-state index in [4.69, 9.17) is 24.0 Å². The van der Waals surface area contributed by atoms with Gasteiger partial charge in [0.25, 0.3) is 5.88 Å². The van der Waals surface area contributed by atoms with E-state index < -0.39 is 0 Å². The lowest BCUT2D eigenvalue weighted by Gasteiger charge is -2.43. The predicted octanol–water partition coefficient (Wildman–Crippen LogP) is 4.56. The highest BCUT2D eigenvalue weighted by Crippen LogP contribution is 2.39. The summed E-state index contributed by atoms with van der Waals surface area (Å²) in [6.45, 7) is 7.90. The largest absolute Gasteiger partial charge is 0.487 e. The van der Waals surface area contributed by atoms with E-state index in [1.807, 2.05) is 32.2 Å². The standard InChI is InChI=1S/C35H45N11O4/c1-3-47-13-4-14-49-34-32(20-45(41-34)28-7-9-29(10-8-28)46-30-11-12-31(46)22-48-21-30)40-35-37-17-27(18-38-35)25-5-6-26(16-36)33(15-25)50-24(2)19-44-23-39-42-43-44/h5-6,15,17-18,20,23-24,28-31H,3-4,7-14,19,21-22H2,1-2H3,(H,37,38,40)/t24-,28?,29?,30-,31+/m0/s1. The maximum Gasteiger partial charge on any atom is 0.256 e. The number of morpholine rings is 1. The number of rotatable bonds is 15. The van der Waals surface area contributed by atoms with Crippen molar-refractivity contribution in [1.82, 2.24) is 44.9 Å². The lowest BCUT2D eigenvalue weighted by atomic mass is 9.89. The fourth-order valence-electron chi connectivity index (χ4n) is 7.44. The van der Waals surface area contributed by atoms with Crippen LogP contribution in [0.15, 0.2) is 43.1 Å². The van der Waals surface area contributed by atoms with Crippen molar-refractivity contribution in [2.75, 3.05) is 38.4 Å². The third-order valence-electron chi connectivity index (χ3n) is 9.83. The van der Waals surface area contributed by atoms with Gasteiger partial charge in [0.1, 0.15) is 29.9 Å². The summed E-state index contributed by atoms with van der Waals surface area (Å²) in [5.74, 6) is 1.43. The fourth-order valence-corrected chi connectivity index (χ4v) is 7.44. The molecule has 15 nitrogen and oxygen atoms in total. The maximum atomic E-state index is 9.68. The zero-order chi connectivity index (χ0) is 34.3. The van der Waals surface area contributed by atoms with Crippen LogP contribution in [0.2, 0.25) is 0 Å². The number of aromatic nitrogens is 8. The molecule has 7 rings (SSSR count). The Hall–Kier alpha value is -4.65. The summed E-state index contributed by atoms with van der Waals surface area (Å²) >= 11 is 0. The lowest BCUT2D eigenvalue weighted by molar-refractivity contribution is -0.0458. The Morgan fingerprint density at radius 1 is 1.00 bits per heavy atom. The second kappa shape index (κ2) is 15.9. The molecule has 1 N–H and O–H groups in total. The SMILES string of the molecule is CCOCCCOc1nn(C2CCC(N3[C@@H]4CC[C@H]3COC4)CC2)cc1Nc1ncc(-c2ccc(C#N)c(O[C@@H](C)Cn3cnnn3)c2)cn1. The molecule has 5 heterocycles. The Morgan fingerprint density at radius 3 is 2.48 bits per heavy atom. The molecule has 1 aliphatic carbocycles. The number of anilines is 2. The molecule has 4 aromatic rings. The molecule has 2 aliphatic heterocycles. The molecule has 0 amide bonds. The van der Waals surface area contributed by atoms with Gasteiger partial charge in [-0.25, -0.2) is 14.6 Å². The molecular weight excluding hydrogens is 638 g/mol. The van der Waals surface area contributed by atoms with Crippen molar-refractivity contribution in [3.8, 4) is 28.8 Å². The third-order valence-corrected chi connectivity index (χ3v) is 9.83. The molecule has 0 unspecified atom stereocenters. The van der Waals surface area contributed by atoms with Crippen molar-refractivity contribution in [1.29, 1.82) is 5.26 Å². The average Bonchev–Trinajstić information content (AvgIpc) is 3.86. The summed E-state index contributed by atoms with van der Waals surface area (Å²) in [4.78, 5) is 12.0. The van der Waals surface area contributed by atoms with Gasteiger partial charge >= 0.3 is 0 Å². The molecule has 0 radical (unpaired) electrons. The molecule has 50 heavy (non-hydrogen) atoms. The van der Waals surface area contributed by atoms with Crippen molar-refractivity contribution in [3.63, 3.8) is 0 Å². The number of nitrogens with zero attached hydrogens (tertiary/aromatic N) is 10. The Morgan fingerprint density at radius 2 is 1.76 bits per heavy atom. The van der Waals surface area contributed by atoms with Crippen LogP contribution >= 0.6 is 0 Å². The topological polar surface area (TPSA) is 163 Å². The number of tetrazole rings is 1. The number of benzene rings is 1. The first-order valence-corrected chi connectivity index (χ1v) is 17.7. The van der Waals surface area contributed by atoms with Gasteiger partial charge in [-0.05, 0) is 80.5 Å². The summed E-state index contributed by atoms with van der Waals surface area (Å²) in [7, 11) is 0. The van der Waals surface area contributed by atoms with Crippen molar-refractivity contribution >= 4 is 11.6 Å². The zero-order valence-electron chi connectivity index (χ0n) is 28.7. The highest BCUT2D eigenvalue weighted by molar-refractivity contribution is 5.67. The molecule has 3 fully saturated rings. The van der Waals surface area contributed by atoms with E-state index in [1.54, 1.807) is 23.1 Å². The summed E-state index contributed by atoms with van der Waals surface area (Å²) < 4.78 is 27.3. The first-order chi connectivity index (χ1) is 24.6. The van der Waals surface area contributed by atoms with Gasteiger partial charge in [0.2, 0.25) is 5.95 Å². The minimum absolute atomic E-state index is 0.268. The second-order valence-electron chi connectivity index (χ2n) is 13.3. The zero-order valence-corrected chi connectivity index (χ0v) is 28.7. The van der Waals surface area contributed by atoms with Crippen molar-refractivity contribution in [2.24, 2.45) is 0 Å². The first-order valence-electron chi connectivity index (χ1n) is 17.7. The van der Waals surface area contributed by atoms with Gasteiger partial charge in [-0.1, -0.05) is 6.07 Å². The van der Waals surface area contributed by atoms with E-state index in [-0.39, 0.29) is 6.10 Å². The van der Waals surface area contributed by atoms with Crippen LogP contribution in [-0.4, -0.2) is 102 Å². The summed E-state index contributed by atoms with van der Waals surface area (Å²) in [6, 6.07) is 9.74. The number of nitrogens with one attached hydrogen (secondary N) is 1. The van der Waals surface area contributed by atoms with E-state index in [0.717, 1.165) is 62.1 Å². The highest BCUT2D eigenvalue weighted by atomic mass is 16.5. The maximum absolute atomic E-state index is 9.68. The Balaban J connectivity index is 1.02. The second-order valence-corrected chi connectivity index (χ2v) is 13.3. The van der Waals surface area contributed by atoms with E-state index in [0.29, 0.717) is 73.7 Å². The van der Waals surface area contributed by atoms with Gasteiger partial charge in [0.05, 0.1) is 44.2 Å². The van der Waals surface area contributed by atoms with Gasteiger partial charge in [0, 0.05) is 55.7 Å². The molecule has 3 aliphatic rings. The molecule has 264 valence electrons. The molecule has 2 saturated heterocycles. The van der Waals surface area contributed by atoms with E-state index >= 15 is 0 Å². The highest BCUT2D eigenvalue weighted by Gasteiger charge is 2.42. The summed E-state index contributed by atoms with van der Waals surface area (Å²) in [5.41, 5.74) is 2.77. The molecule has 1 saturated carbocycles. The summed E-state index contributed by atoms with van der Waals surface area (Å²) in [5, 5.41) is 29.2. The third kappa shape index (κ3) is 7.88. The minimum Gasteiger partial charge on any atom is -0.487 e. The van der Waals surface area contributed by atoms with Crippen molar-refractivity contribution < 1.29 is 18.9 Å². The average molecular weight is 684 g/mol. The monoisotopic (exact) mass is 683 g/mol. The minimum atomic E-state index is -0.268. The first kappa shape index (κ1) is 33.8. The Kier molecular flexibility index (Phi) is 10.8. The Labute approximate surface area is 291 Å². The lowest BCUT2D eigenvalue weighted by Crippen LogP contribution is -2.52. The van der Waals surface area contributed by atoms with Crippen LogP contribution in [0.5, 0.6) is 11.6 Å². The van der Waals surface area contributed by atoms with Crippen LogP contribution in [0.3, 0.4) is 0 Å². The van der Waals surface area contributed by atoms with Crippen molar-refractivity contribution in [2.45, 2.75) is 95.6 Å². The predicted molar refractivity (Wildman–Crippen MR) is 183 cm³/mol. The van der Waals surface area contributed by atoms with Gasteiger partial charge in [-0.3, -0.25) is 9.58 Å². The fraction of sp³-hybridized carbons (Fsp3) is 0.571. The molecule has 2 bridgehead atoms. The van der Waals surface area contributed by atoms with Gasteiger partial charge in [-0.15, -0.1) is 10.2 Å². The van der Waals surface area contributed by atoms with Crippen LogP contribution in [0.1, 0.15) is 70.4 Å². The van der Waals surface area contributed by atoms with Crippen LogP contribution < -0.4 is 14.8 Å². The van der Waals surface area contributed by atoms with Crippen LogP contribution in [-0.2, 0) is 16.0 Å². The van der Waals surface area contributed by atoms with E-state index in [1.165, 1.54) is 19.2 Å². The van der Waals surface area contributed by atoms with E-state index in [9.17, 15) is 5.26 Å². The van der Waals surface area contributed by atoms with Crippen LogP contribution in [0.25, 0.3) is 11.1 Å². The normalized spacial score (nSPS) is 22.6. The van der Waals surface area contributed by atoms with Gasteiger partial charge in [-0.2, -0.15) is 5.26 Å². The van der Waals surface area contributed by atoms with Crippen molar-refractivity contribution in [3.05, 3.63) is 48.7 Å². The number of fused-ring (bicyclic) bond motifs is 2. The van der Waals surface area contributed by atoms with E-state index in [2.05, 4.69) is 46.5 Å². The molecular formula is C35H45N11O4. The smallest absolute Gasteiger partial charge is 0.256 e. The van der Waals surface area contributed by atoms with Gasteiger partial charge in [0.15, 0.2) is 0 Å². The number of hydrogen-bond donors (Lipinski definition) is 1. The molecule has 1 aromatic carbocycles. The number of hydrogen-bond acceptors (Lipinski definition) is 13. The Bertz CT molecular complexity index is 1700. The van der Waals surface area contributed by atoms with Crippen LogP contribution in [0, 0.1) is 11.3 Å². The molecule has 0 spiro atoms. The number of nitriles is 1. The molecule has 3 aromatic heterocycles. The molecule has 15 heteroatoms. The molecule has 3 atom stereocenters. The quantitative estimate of drug-likeness (QED) is 0.174. The summed E-state index contributed by atoms with van der Waals surface area (Å²) in [6.07, 6.45) is 14.5. The van der Waals surface area contributed by atoms with Gasteiger partial charge < -0.3 is 24.3 Å².